The fourth-order valence-electron chi connectivity index (χ4n) is 5.91. The first-order valence-electron chi connectivity index (χ1n) is 14.5. The van der Waals surface area contributed by atoms with Crippen molar-refractivity contribution in [1.29, 1.82) is 0 Å². The molecule has 3 aromatic carbocycles. The molecule has 0 saturated carbocycles. The van der Waals surface area contributed by atoms with Crippen molar-refractivity contribution in [2.45, 2.75) is 44.0 Å². The summed E-state index contributed by atoms with van der Waals surface area (Å²) in [7, 11) is 0. The summed E-state index contributed by atoms with van der Waals surface area (Å²) < 4.78 is 6.84. The number of nitrogens with zero attached hydrogens (tertiary/aromatic N) is 3. The number of aromatic nitrogens is 2. The highest BCUT2D eigenvalue weighted by Crippen LogP contribution is 2.45. The molecule has 0 radical (unpaired) electrons. The first-order chi connectivity index (χ1) is 20.5. The van der Waals surface area contributed by atoms with Gasteiger partial charge in [0, 0.05) is 31.5 Å². The molecule has 1 saturated heterocycles. The zero-order valence-electron chi connectivity index (χ0n) is 24.2. The van der Waals surface area contributed by atoms with Crippen LogP contribution >= 0.6 is 11.8 Å². The number of esters is 1. The molecular formula is C35H37N3O3S. The Labute approximate surface area is 252 Å². The largest absolute Gasteiger partial charge is 0.466 e. The van der Waals surface area contributed by atoms with E-state index in [0.29, 0.717) is 19.7 Å². The SMILES string of the molecule is CCOC(=O)CCn1ccc(/C=C2\CN(C(c3ccccc3)(c3ccccc3)c3ccccc3)CC[C@@H]2SC(C)=O)n1. The second-order valence-electron chi connectivity index (χ2n) is 10.4. The fraction of sp³-hybridized carbons (Fsp3) is 0.286. The van der Waals surface area contributed by atoms with Crippen LogP contribution in [0.5, 0.6) is 0 Å². The van der Waals surface area contributed by atoms with Crippen LogP contribution in [-0.2, 0) is 26.4 Å². The predicted molar refractivity (Wildman–Crippen MR) is 169 cm³/mol. The maximum absolute atomic E-state index is 12.3. The van der Waals surface area contributed by atoms with Gasteiger partial charge in [0.2, 0.25) is 0 Å². The maximum atomic E-state index is 12.3. The number of carbonyl (C=O) groups excluding carboxylic acids is 2. The zero-order valence-corrected chi connectivity index (χ0v) is 25.0. The van der Waals surface area contributed by atoms with E-state index in [4.69, 9.17) is 9.84 Å². The molecule has 4 aromatic rings. The van der Waals surface area contributed by atoms with E-state index in [9.17, 15) is 9.59 Å². The van der Waals surface area contributed by atoms with E-state index in [-0.39, 0.29) is 22.8 Å². The Morgan fingerprint density at radius 1 is 0.929 bits per heavy atom. The summed E-state index contributed by atoms with van der Waals surface area (Å²) in [5.41, 5.74) is 5.03. The predicted octanol–water partition coefficient (Wildman–Crippen LogP) is 6.57. The molecular weight excluding hydrogens is 542 g/mol. The first-order valence-corrected chi connectivity index (χ1v) is 15.4. The number of thioether (sulfide) groups is 1. The quantitative estimate of drug-likeness (QED) is 0.157. The highest BCUT2D eigenvalue weighted by Gasteiger charge is 2.44. The molecule has 216 valence electrons. The van der Waals surface area contributed by atoms with Crippen molar-refractivity contribution < 1.29 is 14.3 Å². The van der Waals surface area contributed by atoms with E-state index < -0.39 is 5.54 Å². The summed E-state index contributed by atoms with van der Waals surface area (Å²) >= 11 is 1.40. The molecule has 1 atom stereocenters. The molecule has 42 heavy (non-hydrogen) atoms. The molecule has 0 amide bonds. The van der Waals surface area contributed by atoms with Crippen molar-refractivity contribution in [2.24, 2.45) is 0 Å². The van der Waals surface area contributed by atoms with Crippen LogP contribution < -0.4 is 0 Å². The molecule has 1 fully saturated rings. The normalized spacial score (nSPS) is 16.8. The van der Waals surface area contributed by atoms with Gasteiger partial charge in [-0.15, -0.1) is 0 Å². The number of rotatable bonds is 10. The third-order valence-corrected chi connectivity index (χ3v) is 8.81. The lowest BCUT2D eigenvalue weighted by molar-refractivity contribution is -0.143. The smallest absolute Gasteiger partial charge is 0.307 e. The summed E-state index contributed by atoms with van der Waals surface area (Å²) in [6.45, 7) is 5.76. The van der Waals surface area contributed by atoms with Gasteiger partial charge in [0.05, 0.1) is 30.8 Å². The lowest BCUT2D eigenvalue weighted by atomic mass is 9.74. The van der Waals surface area contributed by atoms with Crippen LogP contribution in [0.2, 0.25) is 0 Å². The summed E-state index contributed by atoms with van der Waals surface area (Å²) in [4.78, 5) is 26.7. The van der Waals surface area contributed by atoms with Gasteiger partial charge in [-0.3, -0.25) is 19.2 Å². The summed E-state index contributed by atoms with van der Waals surface area (Å²) in [5.74, 6) is -0.229. The van der Waals surface area contributed by atoms with Gasteiger partial charge in [-0.05, 0) is 47.8 Å². The van der Waals surface area contributed by atoms with Crippen molar-refractivity contribution in [2.75, 3.05) is 19.7 Å². The minimum absolute atomic E-state index is 0.0588. The first kappa shape index (κ1) is 29.5. The van der Waals surface area contributed by atoms with Crippen LogP contribution in [0.15, 0.2) is 109 Å². The van der Waals surface area contributed by atoms with Crippen molar-refractivity contribution in [1.82, 2.24) is 14.7 Å². The average molecular weight is 580 g/mol. The summed E-state index contributed by atoms with van der Waals surface area (Å²) in [5, 5.41) is 4.90. The molecule has 1 aromatic heterocycles. The highest BCUT2D eigenvalue weighted by atomic mass is 32.2. The number of likely N-dealkylation sites (tertiary alicyclic amines) is 1. The van der Waals surface area contributed by atoms with Gasteiger partial charge < -0.3 is 4.74 Å². The van der Waals surface area contributed by atoms with Crippen molar-refractivity contribution in [3.8, 4) is 0 Å². The monoisotopic (exact) mass is 579 g/mol. The zero-order chi connectivity index (χ0) is 29.4. The molecule has 0 bridgehead atoms. The molecule has 6 nitrogen and oxygen atoms in total. The number of piperidine rings is 1. The fourth-order valence-corrected chi connectivity index (χ4v) is 6.83. The topological polar surface area (TPSA) is 64.4 Å². The van der Waals surface area contributed by atoms with Crippen molar-refractivity contribution in [3.05, 3.63) is 131 Å². The Hall–Kier alpha value is -3.94. The van der Waals surface area contributed by atoms with Crippen LogP contribution in [0.25, 0.3) is 6.08 Å². The number of benzene rings is 3. The average Bonchev–Trinajstić information content (AvgIpc) is 3.46. The van der Waals surface area contributed by atoms with Gasteiger partial charge in [-0.25, -0.2) is 0 Å². The van der Waals surface area contributed by atoms with Crippen LogP contribution in [0.1, 0.15) is 49.1 Å². The Bertz CT molecular complexity index is 1410. The van der Waals surface area contributed by atoms with Crippen LogP contribution in [0, 0.1) is 0 Å². The molecule has 1 aliphatic rings. The lowest BCUT2D eigenvalue weighted by Crippen LogP contribution is -2.52. The molecule has 1 aliphatic heterocycles. The van der Waals surface area contributed by atoms with Crippen molar-refractivity contribution >= 4 is 28.9 Å². The number of hydrogen-bond acceptors (Lipinski definition) is 6. The second-order valence-corrected chi connectivity index (χ2v) is 11.8. The van der Waals surface area contributed by atoms with E-state index >= 15 is 0 Å². The maximum Gasteiger partial charge on any atom is 0.307 e. The van der Waals surface area contributed by atoms with Gasteiger partial charge in [-0.1, -0.05) is 103 Å². The lowest BCUT2D eigenvalue weighted by Gasteiger charge is -2.49. The van der Waals surface area contributed by atoms with E-state index in [1.165, 1.54) is 28.5 Å². The molecule has 0 N–H and O–H groups in total. The number of aryl methyl sites for hydroxylation is 1. The molecule has 5 rings (SSSR count). The minimum atomic E-state index is -0.534. The van der Waals surface area contributed by atoms with E-state index in [0.717, 1.165) is 24.2 Å². The number of hydrogen-bond donors (Lipinski definition) is 0. The number of carbonyl (C=O) groups is 2. The third kappa shape index (κ3) is 6.58. The van der Waals surface area contributed by atoms with Crippen molar-refractivity contribution in [3.63, 3.8) is 0 Å². The van der Waals surface area contributed by atoms with E-state index in [1.54, 1.807) is 18.5 Å². The third-order valence-electron chi connectivity index (χ3n) is 7.65. The summed E-state index contributed by atoms with van der Waals surface area (Å²) in [6.07, 6.45) is 5.12. The van der Waals surface area contributed by atoms with Gasteiger partial charge >= 0.3 is 5.97 Å². The standard InChI is InChI=1S/C35H37N3O3S/c1-3-41-34(40)21-24-38-23-19-32(36-38)25-28-26-37(22-20-33(28)42-27(2)39)35(29-13-7-4-8-14-29,30-15-9-5-10-16-30)31-17-11-6-12-18-31/h4-19,23,25,33H,3,20-22,24,26H2,1-2H3/b28-25+/t33-/m0/s1. The second kappa shape index (κ2) is 13.8. The van der Waals surface area contributed by atoms with Crippen LogP contribution in [0.3, 0.4) is 0 Å². The molecule has 7 heteroatoms. The minimum Gasteiger partial charge on any atom is -0.466 e. The number of ether oxygens (including phenoxy) is 1. The Morgan fingerprint density at radius 2 is 1.50 bits per heavy atom. The Balaban J connectivity index is 1.56. The van der Waals surface area contributed by atoms with Crippen LogP contribution in [-0.4, -0.2) is 50.7 Å². The Morgan fingerprint density at radius 3 is 2.02 bits per heavy atom. The highest BCUT2D eigenvalue weighted by molar-refractivity contribution is 8.14. The Kier molecular flexibility index (Phi) is 9.72. The van der Waals surface area contributed by atoms with Gasteiger partial charge in [0.15, 0.2) is 5.12 Å². The van der Waals surface area contributed by atoms with Gasteiger partial charge in [0.1, 0.15) is 0 Å². The summed E-state index contributed by atoms with van der Waals surface area (Å²) in [6, 6.07) is 34.1. The molecule has 2 heterocycles. The molecule has 0 aliphatic carbocycles. The molecule has 0 unspecified atom stereocenters. The van der Waals surface area contributed by atoms with E-state index in [2.05, 4.69) is 102 Å². The van der Waals surface area contributed by atoms with Crippen LogP contribution in [0.4, 0.5) is 0 Å². The van der Waals surface area contributed by atoms with Gasteiger partial charge in [-0.2, -0.15) is 5.10 Å². The van der Waals surface area contributed by atoms with Gasteiger partial charge in [0.25, 0.3) is 0 Å². The molecule has 0 spiro atoms. The van der Waals surface area contributed by atoms with E-state index in [1.807, 2.05) is 12.3 Å².